The Labute approximate surface area is 107 Å². The summed E-state index contributed by atoms with van der Waals surface area (Å²) in [7, 11) is 0. The highest BCUT2D eigenvalue weighted by Gasteiger charge is 2.26. The first-order chi connectivity index (χ1) is 7.66. The molecule has 0 spiro atoms. The van der Waals surface area contributed by atoms with Gasteiger partial charge in [-0.1, -0.05) is 0 Å². The van der Waals surface area contributed by atoms with Gasteiger partial charge in [0.05, 0.1) is 23.9 Å². The fraction of sp³-hybridized carbons (Fsp3) is 1.00. The van der Waals surface area contributed by atoms with Crippen LogP contribution in [0.15, 0.2) is 0 Å². The second kappa shape index (κ2) is 5.71. The minimum absolute atomic E-state index is 0.000582. The summed E-state index contributed by atoms with van der Waals surface area (Å²) in [5.74, 6) is 0.731. The van der Waals surface area contributed by atoms with Gasteiger partial charge in [-0.3, -0.25) is 0 Å². The van der Waals surface area contributed by atoms with E-state index in [1.54, 1.807) is 0 Å². The third-order valence-corrected chi connectivity index (χ3v) is 3.07. The summed E-state index contributed by atoms with van der Waals surface area (Å²) < 4.78 is 11.9. The standard InChI is InChI=1S/C15H30O2/c1-14(2,3)16-11-12-7-9-13(10-8-12)17-15(4,5)6/h12-13H,7-11H2,1-6H3. The molecule has 1 rings (SSSR count). The van der Waals surface area contributed by atoms with Crippen molar-refractivity contribution in [3.8, 4) is 0 Å². The van der Waals surface area contributed by atoms with Gasteiger partial charge in [0.25, 0.3) is 0 Å². The third-order valence-electron chi connectivity index (χ3n) is 3.07. The predicted octanol–water partition coefficient (Wildman–Crippen LogP) is 4.18. The number of hydrogen-bond acceptors (Lipinski definition) is 2. The lowest BCUT2D eigenvalue weighted by Crippen LogP contribution is -2.32. The maximum atomic E-state index is 6.03. The SMILES string of the molecule is CC(C)(C)OCC1CCC(OC(C)(C)C)CC1. The summed E-state index contributed by atoms with van der Waals surface area (Å²) in [6.45, 7) is 13.7. The molecule has 2 heteroatoms. The van der Waals surface area contributed by atoms with Crippen LogP contribution in [0.1, 0.15) is 67.2 Å². The minimum Gasteiger partial charge on any atom is -0.376 e. The Morgan fingerprint density at radius 3 is 1.76 bits per heavy atom. The van der Waals surface area contributed by atoms with Gasteiger partial charge in [-0.15, -0.1) is 0 Å². The fourth-order valence-corrected chi connectivity index (χ4v) is 2.28. The van der Waals surface area contributed by atoms with Crippen LogP contribution in [0.3, 0.4) is 0 Å². The Hall–Kier alpha value is -0.0800. The molecule has 0 atom stereocenters. The minimum atomic E-state index is -0.00123. The van der Waals surface area contributed by atoms with Crippen LogP contribution >= 0.6 is 0 Å². The van der Waals surface area contributed by atoms with Gasteiger partial charge in [0, 0.05) is 0 Å². The maximum absolute atomic E-state index is 6.03. The van der Waals surface area contributed by atoms with E-state index in [0.717, 1.165) is 12.5 Å². The molecule has 1 fully saturated rings. The molecule has 0 aliphatic heterocycles. The lowest BCUT2D eigenvalue weighted by atomic mass is 9.87. The summed E-state index contributed by atoms with van der Waals surface area (Å²) in [6, 6.07) is 0. The molecule has 0 unspecified atom stereocenters. The van der Waals surface area contributed by atoms with E-state index in [1.807, 2.05) is 0 Å². The average Bonchev–Trinajstić information content (AvgIpc) is 2.13. The van der Waals surface area contributed by atoms with Gasteiger partial charge in [0.1, 0.15) is 0 Å². The highest BCUT2D eigenvalue weighted by Crippen LogP contribution is 2.29. The van der Waals surface area contributed by atoms with E-state index in [9.17, 15) is 0 Å². The van der Waals surface area contributed by atoms with Crippen molar-refractivity contribution in [2.75, 3.05) is 6.61 Å². The van der Waals surface area contributed by atoms with E-state index in [4.69, 9.17) is 9.47 Å². The van der Waals surface area contributed by atoms with E-state index in [0.29, 0.717) is 6.10 Å². The molecular formula is C15H30O2. The normalized spacial score (nSPS) is 27.2. The molecule has 1 aliphatic carbocycles. The summed E-state index contributed by atoms with van der Waals surface area (Å²) >= 11 is 0. The molecule has 0 N–H and O–H groups in total. The Kier molecular flexibility index (Phi) is 5.03. The first-order valence-corrected chi connectivity index (χ1v) is 6.97. The van der Waals surface area contributed by atoms with Crippen molar-refractivity contribution < 1.29 is 9.47 Å². The zero-order valence-electron chi connectivity index (χ0n) is 12.5. The van der Waals surface area contributed by atoms with Crippen molar-refractivity contribution in [3.05, 3.63) is 0 Å². The summed E-state index contributed by atoms with van der Waals surface area (Å²) in [5.41, 5.74) is -0.00181. The molecule has 1 aliphatic rings. The average molecular weight is 242 g/mol. The summed E-state index contributed by atoms with van der Waals surface area (Å²) in [6.07, 6.45) is 5.33. The van der Waals surface area contributed by atoms with Gasteiger partial charge in [-0.05, 0) is 73.1 Å². The zero-order chi connectivity index (χ0) is 13.1. The Balaban J connectivity index is 2.22. The van der Waals surface area contributed by atoms with Crippen molar-refractivity contribution in [1.29, 1.82) is 0 Å². The number of hydrogen-bond donors (Lipinski definition) is 0. The molecule has 0 amide bonds. The van der Waals surface area contributed by atoms with Crippen LogP contribution in [0.2, 0.25) is 0 Å². The molecule has 2 nitrogen and oxygen atoms in total. The Morgan fingerprint density at radius 1 is 0.824 bits per heavy atom. The molecule has 1 saturated carbocycles. The van der Waals surface area contributed by atoms with Gasteiger partial charge < -0.3 is 9.47 Å². The van der Waals surface area contributed by atoms with Crippen molar-refractivity contribution >= 4 is 0 Å². The van der Waals surface area contributed by atoms with Crippen LogP contribution in [0, 0.1) is 5.92 Å². The molecule has 0 radical (unpaired) electrons. The highest BCUT2D eigenvalue weighted by atomic mass is 16.5. The molecule has 17 heavy (non-hydrogen) atoms. The summed E-state index contributed by atoms with van der Waals surface area (Å²) in [5, 5.41) is 0. The summed E-state index contributed by atoms with van der Waals surface area (Å²) in [4.78, 5) is 0. The van der Waals surface area contributed by atoms with E-state index in [-0.39, 0.29) is 11.2 Å². The third kappa shape index (κ3) is 7.05. The van der Waals surface area contributed by atoms with Gasteiger partial charge in [0.2, 0.25) is 0 Å². The molecule has 0 aromatic carbocycles. The van der Waals surface area contributed by atoms with Gasteiger partial charge in [-0.25, -0.2) is 0 Å². The van der Waals surface area contributed by atoms with Crippen LogP contribution in [0.25, 0.3) is 0 Å². The molecule has 102 valence electrons. The first-order valence-electron chi connectivity index (χ1n) is 6.97. The second-order valence-corrected chi connectivity index (χ2v) is 7.30. The van der Waals surface area contributed by atoms with Crippen LogP contribution in [0.5, 0.6) is 0 Å². The lowest BCUT2D eigenvalue weighted by Gasteiger charge is -2.34. The smallest absolute Gasteiger partial charge is 0.0602 e. The lowest BCUT2D eigenvalue weighted by molar-refractivity contribution is -0.0884. The molecule has 0 heterocycles. The molecule has 0 aromatic rings. The van der Waals surface area contributed by atoms with E-state index in [2.05, 4.69) is 41.5 Å². The quantitative estimate of drug-likeness (QED) is 0.739. The molecule has 0 bridgehead atoms. The van der Waals surface area contributed by atoms with Crippen molar-refractivity contribution in [1.82, 2.24) is 0 Å². The molecule has 0 aromatic heterocycles. The van der Waals surface area contributed by atoms with Crippen LogP contribution in [-0.2, 0) is 9.47 Å². The highest BCUT2D eigenvalue weighted by molar-refractivity contribution is 4.76. The zero-order valence-corrected chi connectivity index (χ0v) is 12.5. The van der Waals surface area contributed by atoms with Gasteiger partial charge >= 0.3 is 0 Å². The van der Waals surface area contributed by atoms with Crippen LogP contribution in [0.4, 0.5) is 0 Å². The number of rotatable bonds is 3. The largest absolute Gasteiger partial charge is 0.376 e. The van der Waals surface area contributed by atoms with Gasteiger partial charge in [0.15, 0.2) is 0 Å². The monoisotopic (exact) mass is 242 g/mol. The van der Waals surface area contributed by atoms with E-state index < -0.39 is 0 Å². The van der Waals surface area contributed by atoms with E-state index in [1.165, 1.54) is 25.7 Å². The first kappa shape index (κ1) is 15.0. The van der Waals surface area contributed by atoms with Crippen molar-refractivity contribution in [2.24, 2.45) is 5.92 Å². The van der Waals surface area contributed by atoms with Crippen molar-refractivity contribution in [3.63, 3.8) is 0 Å². The predicted molar refractivity (Wildman–Crippen MR) is 72.3 cm³/mol. The second-order valence-electron chi connectivity index (χ2n) is 7.30. The fourth-order valence-electron chi connectivity index (χ4n) is 2.28. The molecular weight excluding hydrogens is 212 g/mol. The maximum Gasteiger partial charge on any atom is 0.0602 e. The van der Waals surface area contributed by atoms with E-state index >= 15 is 0 Å². The molecule has 0 saturated heterocycles. The topological polar surface area (TPSA) is 18.5 Å². The van der Waals surface area contributed by atoms with Crippen LogP contribution < -0.4 is 0 Å². The number of ether oxygens (including phenoxy) is 2. The van der Waals surface area contributed by atoms with Gasteiger partial charge in [-0.2, -0.15) is 0 Å². The van der Waals surface area contributed by atoms with Crippen molar-refractivity contribution in [2.45, 2.75) is 84.5 Å². The van der Waals surface area contributed by atoms with Crippen LogP contribution in [-0.4, -0.2) is 23.9 Å². The Bertz CT molecular complexity index is 214. The Morgan fingerprint density at radius 2 is 1.35 bits per heavy atom.